The van der Waals surface area contributed by atoms with Gasteiger partial charge in [-0.2, -0.15) is 0 Å². The van der Waals surface area contributed by atoms with Gasteiger partial charge in [0.1, 0.15) is 5.82 Å². The molecule has 0 aromatic heterocycles. The third-order valence-corrected chi connectivity index (χ3v) is 4.00. The number of likely N-dealkylation sites (tertiary alicyclic amines) is 1. The van der Waals surface area contributed by atoms with Gasteiger partial charge in [0.25, 0.3) is 0 Å². The molecule has 0 N–H and O–H groups in total. The van der Waals surface area contributed by atoms with Crippen LogP contribution in [0, 0.1) is 5.82 Å². The average molecular weight is 293 g/mol. The fourth-order valence-electron chi connectivity index (χ4n) is 2.93. The Hall–Kier alpha value is -1.42. The molecule has 1 unspecified atom stereocenters. The largest absolute Gasteiger partial charge is 0.466 e. The zero-order valence-electron chi connectivity index (χ0n) is 12.7. The van der Waals surface area contributed by atoms with E-state index in [4.69, 9.17) is 4.74 Å². The molecule has 1 heterocycles. The van der Waals surface area contributed by atoms with Crippen molar-refractivity contribution in [3.05, 3.63) is 35.6 Å². The van der Waals surface area contributed by atoms with Gasteiger partial charge in [-0.05, 0) is 50.6 Å². The van der Waals surface area contributed by atoms with Crippen molar-refractivity contribution in [1.82, 2.24) is 4.90 Å². The van der Waals surface area contributed by atoms with Crippen LogP contribution in [0.2, 0.25) is 0 Å². The second-order valence-electron chi connectivity index (χ2n) is 5.53. The third kappa shape index (κ3) is 4.81. The van der Waals surface area contributed by atoms with Gasteiger partial charge in [0.15, 0.2) is 0 Å². The Labute approximate surface area is 126 Å². The van der Waals surface area contributed by atoms with Crippen LogP contribution >= 0.6 is 0 Å². The summed E-state index contributed by atoms with van der Waals surface area (Å²) in [6, 6.07) is 6.48. The molecule has 2 rings (SSSR count). The molecule has 116 valence electrons. The summed E-state index contributed by atoms with van der Waals surface area (Å²) in [6.07, 6.45) is 5.12. The van der Waals surface area contributed by atoms with Gasteiger partial charge < -0.3 is 4.74 Å². The van der Waals surface area contributed by atoms with Gasteiger partial charge in [0, 0.05) is 6.04 Å². The van der Waals surface area contributed by atoms with Crippen LogP contribution in [0.1, 0.15) is 50.6 Å². The van der Waals surface area contributed by atoms with Crippen molar-refractivity contribution in [3.63, 3.8) is 0 Å². The fraction of sp³-hybridized carbons (Fsp3) is 0.588. The molecule has 0 spiro atoms. The molecule has 0 amide bonds. The minimum absolute atomic E-state index is 0.0113. The highest BCUT2D eigenvalue weighted by atomic mass is 19.1. The summed E-state index contributed by atoms with van der Waals surface area (Å²) < 4.78 is 18.2. The molecule has 1 aromatic carbocycles. The maximum atomic E-state index is 13.1. The predicted molar refractivity (Wildman–Crippen MR) is 80.4 cm³/mol. The van der Waals surface area contributed by atoms with E-state index in [1.807, 2.05) is 6.92 Å². The minimum atomic E-state index is -0.246. The first-order chi connectivity index (χ1) is 10.2. The summed E-state index contributed by atoms with van der Waals surface area (Å²) in [5.74, 6) is -0.430. The second-order valence-corrected chi connectivity index (χ2v) is 5.53. The van der Waals surface area contributed by atoms with Crippen LogP contribution in [0.25, 0.3) is 0 Å². The van der Waals surface area contributed by atoms with Crippen molar-refractivity contribution in [2.75, 3.05) is 19.7 Å². The van der Waals surface area contributed by atoms with Gasteiger partial charge in [0.2, 0.25) is 0 Å². The van der Waals surface area contributed by atoms with E-state index >= 15 is 0 Å². The number of hydrogen-bond acceptors (Lipinski definition) is 3. The van der Waals surface area contributed by atoms with E-state index < -0.39 is 0 Å². The molecule has 0 aliphatic carbocycles. The molecule has 0 radical (unpaired) electrons. The molecule has 1 saturated heterocycles. The van der Waals surface area contributed by atoms with Crippen molar-refractivity contribution in [1.29, 1.82) is 0 Å². The van der Waals surface area contributed by atoms with E-state index in [0.29, 0.717) is 13.0 Å². The van der Waals surface area contributed by atoms with Crippen molar-refractivity contribution < 1.29 is 13.9 Å². The Morgan fingerprint density at radius 3 is 2.38 bits per heavy atom. The van der Waals surface area contributed by atoms with Gasteiger partial charge in [0.05, 0.1) is 13.0 Å². The zero-order chi connectivity index (χ0) is 15.1. The Morgan fingerprint density at radius 2 is 1.81 bits per heavy atom. The number of ether oxygens (including phenoxy) is 1. The zero-order valence-corrected chi connectivity index (χ0v) is 12.7. The molecule has 3 nitrogen and oxygen atoms in total. The van der Waals surface area contributed by atoms with Crippen LogP contribution in [-0.2, 0) is 9.53 Å². The molecule has 1 aliphatic rings. The maximum absolute atomic E-state index is 13.1. The van der Waals surface area contributed by atoms with Gasteiger partial charge in [-0.25, -0.2) is 4.39 Å². The highest BCUT2D eigenvalue weighted by Gasteiger charge is 2.24. The number of halogens is 1. The van der Waals surface area contributed by atoms with Crippen molar-refractivity contribution in [2.45, 2.75) is 45.1 Å². The fourth-order valence-corrected chi connectivity index (χ4v) is 2.93. The number of esters is 1. The van der Waals surface area contributed by atoms with Crippen LogP contribution in [0.4, 0.5) is 4.39 Å². The first kappa shape index (κ1) is 16.0. The summed E-state index contributed by atoms with van der Waals surface area (Å²) in [4.78, 5) is 14.2. The lowest BCUT2D eigenvalue weighted by Gasteiger charge is -2.30. The van der Waals surface area contributed by atoms with Crippen LogP contribution in [0.3, 0.4) is 0 Å². The third-order valence-electron chi connectivity index (χ3n) is 4.00. The van der Waals surface area contributed by atoms with Gasteiger partial charge in [-0.3, -0.25) is 9.69 Å². The summed E-state index contributed by atoms with van der Waals surface area (Å²) >= 11 is 0. The number of rotatable bonds is 5. The normalized spacial score (nSPS) is 18.0. The molecule has 1 aromatic rings. The first-order valence-electron chi connectivity index (χ1n) is 7.86. The highest BCUT2D eigenvalue weighted by molar-refractivity contribution is 5.70. The van der Waals surface area contributed by atoms with Gasteiger partial charge in [-0.1, -0.05) is 25.0 Å². The van der Waals surface area contributed by atoms with E-state index in [2.05, 4.69) is 4.90 Å². The van der Waals surface area contributed by atoms with Crippen molar-refractivity contribution >= 4 is 5.97 Å². The molecular formula is C17H24FNO2. The monoisotopic (exact) mass is 293 g/mol. The lowest BCUT2D eigenvalue weighted by atomic mass is 10.0. The Bertz CT molecular complexity index is 439. The van der Waals surface area contributed by atoms with Crippen molar-refractivity contribution in [3.8, 4) is 0 Å². The Balaban J connectivity index is 2.15. The lowest BCUT2D eigenvalue weighted by Crippen LogP contribution is -2.31. The number of hydrogen-bond donors (Lipinski definition) is 0. The number of carbonyl (C=O) groups is 1. The molecule has 1 aliphatic heterocycles. The van der Waals surface area contributed by atoms with Crippen molar-refractivity contribution in [2.24, 2.45) is 0 Å². The van der Waals surface area contributed by atoms with E-state index in [1.54, 1.807) is 12.1 Å². The molecule has 21 heavy (non-hydrogen) atoms. The lowest BCUT2D eigenvalue weighted by molar-refractivity contribution is -0.144. The topological polar surface area (TPSA) is 29.5 Å². The number of benzene rings is 1. The highest BCUT2D eigenvalue weighted by Crippen LogP contribution is 2.27. The van der Waals surface area contributed by atoms with E-state index in [1.165, 1.54) is 25.0 Å². The van der Waals surface area contributed by atoms with Crippen LogP contribution in [0.15, 0.2) is 24.3 Å². The quantitative estimate of drug-likeness (QED) is 0.775. The number of nitrogens with zero attached hydrogens (tertiary/aromatic N) is 1. The molecule has 1 atom stereocenters. The predicted octanol–water partition coefficient (Wildman–Crippen LogP) is 3.70. The van der Waals surface area contributed by atoms with Crippen LogP contribution in [-0.4, -0.2) is 30.6 Å². The van der Waals surface area contributed by atoms with Crippen LogP contribution < -0.4 is 0 Å². The molecule has 0 bridgehead atoms. The molecule has 0 saturated carbocycles. The van der Waals surface area contributed by atoms with E-state index in [-0.39, 0.29) is 17.8 Å². The minimum Gasteiger partial charge on any atom is -0.466 e. The molecule has 4 heteroatoms. The first-order valence-corrected chi connectivity index (χ1v) is 7.86. The second kappa shape index (κ2) is 8.13. The maximum Gasteiger partial charge on any atom is 0.307 e. The molecule has 1 fully saturated rings. The number of carbonyl (C=O) groups excluding carboxylic acids is 1. The van der Waals surface area contributed by atoms with E-state index in [0.717, 1.165) is 31.5 Å². The van der Waals surface area contributed by atoms with Gasteiger partial charge in [-0.15, -0.1) is 0 Å². The standard InChI is InChI=1S/C17H24FNO2/c1-2-21-17(20)13-16(14-7-9-15(18)10-8-14)19-11-5-3-4-6-12-19/h7-10,16H,2-6,11-13H2,1H3. The summed E-state index contributed by atoms with van der Waals surface area (Å²) in [6.45, 7) is 4.19. The van der Waals surface area contributed by atoms with Crippen LogP contribution in [0.5, 0.6) is 0 Å². The van der Waals surface area contributed by atoms with Gasteiger partial charge >= 0.3 is 5.97 Å². The summed E-state index contributed by atoms with van der Waals surface area (Å²) in [7, 11) is 0. The smallest absolute Gasteiger partial charge is 0.307 e. The Morgan fingerprint density at radius 1 is 1.19 bits per heavy atom. The van der Waals surface area contributed by atoms with E-state index in [9.17, 15) is 9.18 Å². The summed E-state index contributed by atoms with van der Waals surface area (Å²) in [5.41, 5.74) is 0.992. The summed E-state index contributed by atoms with van der Waals surface area (Å²) in [5, 5.41) is 0. The SMILES string of the molecule is CCOC(=O)CC(c1ccc(F)cc1)N1CCCCCC1. The Kier molecular flexibility index (Phi) is 6.18. The average Bonchev–Trinajstić information content (AvgIpc) is 2.75. The molecular weight excluding hydrogens is 269 g/mol.